The van der Waals surface area contributed by atoms with Gasteiger partial charge in [-0.05, 0) is 12.1 Å². The Morgan fingerprint density at radius 3 is 2.89 bits per heavy atom. The summed E-state index contributed by atoms with van der Waals surface area (Å²) in [6, 6.07) is 3.87. The predicted octanol–water partition coefficient (Wildman–Crippen LogP) is 1.41. The van der Waals surface area contributed by atoms with Crippen LogP contribution in [-0.4, -0.2) is 35.9 Å². The van der Waals surface area contributed by atoms with E-state index in [1.54, 1.807) is 23.7 Å². The van der Waals surface area contributed by atoms with Crippen molar-refractivity contribution in [3.8, 4) is 11.3 Å². The molecule has 0 amide bonds. The number of carbonyl (C=O) groups is 1. The maximum atomic E-state index is 10.1. The molecule has 0 aliphatic carbocycles. The van der Waals surface area contributed by atoms with Gasteiger partial charge in [0.1, 0.15) is 6.29 Å². The van der Waals surface area contributed by atoms with Crippen molar-refractivity contribution in [3.63, 3.8) is 0 Å². The van der Waals surface area contributed by atoms with E-state index in [1.807, 2.05) is 17.5 Å². The van der Waals surface area contributed by atoms with Crippen LogP contribution in [0.15, 0.2) is 29.9 Å². The molecule has 18 heavy (non-hydrogen) atoms. The summed E-state index contributed by atoms with van der Waals surface area (Å²) in [4.78, 5) is 18.6. The first kappa shape index (κ1) is 12.7. The van der Waals surface area contributed by atoms with E-state index in [4.69, 9.17) is 0 Å². The van der Waals surface area contributed by atoms with Gasteiger partial charge in [0.15, 0.2) is 5.13 Å². The molecule has 0 radical (unpaired) electrons. The number of nitrogens with zero attached hydrogens (tertiary/aromatic N) is 2. The lowest BCUT2D eigenvalue weighted by Crippen LogP contribution is -2.23. The maximum absolute atomic E-state index is 10.1. The number of aldehydes is 1. The van der Waals surface area contributed by atoms with Crippen molar-refractivity contribution in [1.82, 2.24) is 15.3 Å². The number of nitrogens with one attached hydrogen (secondary N) is 2. The number of thiazole rings is 1. The van der Waals surface area contributed by atoms with Gasteiger partial charge in [0.2, 0.25) is 0 Å². The fourth-order valence-corrected chi connectivity index (χ4v) is 2.18. The minimum Gasteiger partial charge on any atom is -0.360 e. The van der Waals surface area contributed by atoms with Crippen LogP contribution in [-0.2, 0) is 4.79 Å². The summed E-state index contributed by atoms with van der Waals surface area (Å²) in [7, 11) is 0. The molecule has 0 aliphatic rings. The van der Waals surface area contributed by atoms with Crippen molar-refractivity contribution in [1.29, 1.82) is 0 Å². The average Bonchev–Trinajstić information content (AvgIpc) is 2.88. The average molecular weight is 262 g/mol. The van der Waals surface area contributed by atoms with Crippen LogP contribution >= 0.6 is 11.3 Å². The quantitative estimate of drug-likeness (QED) is 0.583. The predicted molar refractivity (Wildman–Crippen MR) is 72.8 cm³/mol. The van der Waals surface area contributed by atoms with Crippen LogP contribution in [0, 0.1) is 0 Å². The molecule has 0 aliphatic heterocycles. The number of aromatic nitrogens is 2. The molecule has 0 bridgehead atoms. The van der Waals surface area contributed by atoms with E-state index >= 15 is 0 Å². The number of anilines is 1. The Kier molecular flexibility index (Phi) is 4.80. The van der Waals surface area contributed by atoms with Crippen LogP contribution < -0.4 is 10.6 Å². The molecule has 0 atom stereocenters. The first-order chi connectivity index (χ1) is 8.90. The fraction of sp³-hybridized carbons (Fsp3) is 0.250. The Labute approximate surface area is 109 Å². The first-order valence-electron chi connectivity index (χ1n) is 5.64. The van der Waals surface area contributed by atoms with Crippen LogP contribution in [0.3, 0.4) is 0 Å². The van der Waals surface area contributed by atoms with Crippen LogP contribution in [0.4, 0.5) is 5.13 Å². The zero-order chi connectivity index (χ0) is 12.6. The standard InChI is InChI=1S/C12H14N4OS/c17-8-7-14-5-6-15-12-16-11(9-18-12)10-1-3-13-4-2-10/h1-4,8-9,14H,5-7H2,(H,15,16). The van der Waals surface area contributed by atoms with Gasteiger partial charge in [-0.3, -0.25) is 4.98 Å². The third kappa shape index (κ3) is 3.61. The molecule has 0 fully saturated rings. The van der Waals surface area contributed by atoms with Crippen LogP contribution in [0.5, 0.6) is 0 Å². The van der Waals surface area contributed by atoms with Gasteiger partial charge in [-0.25, -0.2) is 4.98 Å². The van der Waals surface area contributed by atoms with Gasteiger partial charge < -0.3 is 15.4 Å². The second-order valence-electron chi connectivity index (χ2n) is 3.57. The number of pyridine rings is 1. The van der Waals surface area contributed by atoms with Gasteiger partial charge in [-0.1, -0.05) is 0 Å². The van der Waals surface area contributed by atoms with Crippen molar-refractivity contribution < 1.29 is 4.79 Å². The van der Waals surface area contributed by atoms with Gasteiger partial charge in [0.25, 0.3) is 0 Å². The van der Waals surface area contributed by atoms with E-state index in [1.165, 1.54) is 0 Å². The van der Waals surface area contributed by atoms with E-state index in [9.17, 15) is 4.79 Å². The largest absolute Gasteiger partial charge is 0.360 e. The zero-order valence-corrected chi connectivity index (χ0v) is 10.6. The molecule has 2 aromatic heterocycles. The van der Waals surface area contributed by atoms with Crippen molar-refractivity contribution in [2.45, 2.75) is 0 Å². The second-order valence-corrected chi connectivity index (χ2v) is 4.43. The lowest BCUT2D eigenvalue weighted by molar-refractivity contribution is -0.107. The third-order valence-corrected chi connectivity index (χ3v) is 3.09. The Morgan fingerprint density at radius 2 is 2.11 bits per heavy atom. The van der Waals surface area contributed by atoms with E-state index in [0.29, 0.717) is 6.54 Å². The molecule has 0 spiro atoms. The van der Waals surface area contributed by atoms with Gasteiger partial charge in [0.05, 0.1) is 12.2 Å². The summed E-state index contributed by atoms with van der Waals surface area (Å²) in [5, 5.41) is 9.08. The molecule has 0 aromatic carbocycles. The first-order valence-corrected chi connectivity index (χ1v) is 6.52. The highest BCUT2D eigenvalue weighted by Gasteiger charge is 2.03. The summed E-state index contributed by atoms with van der Waals surface area (Å²) < 4.78 is 0. The highest BCUT2D eigenvalue weighted by atomic mass is 32.1. The molecule has 0 saturated carbocycles. The molecule has 0 unspecified atom stereocenters. The van der Waals surface area contributed by atoms with Gasteiger partial charge >= 0.3 is 0 Å². The number of hydrogen-bond donors (Lipinski definition) is 2. The molecule has 94 valence electrons. The molecular formula is C12H14N4OS. The minimum atomic E-state index is 0.391. The topological polar surface area (TPSA) is 66.9 Å². The molecular weight excluding hydrogens is 248 g/mol. The Bertz CT molecular complexity index is 486. The van der Waals surface area contributed by atoms with Crippen molar-refractivity contribution in [3.05, 3.63) is 29.9 Å². The van der Waals surface area contributed by atoms with Crippen LogP contribution in [0.25, 0.3) is 11.3 Å². The molecule has 2 rings (SSSR count). The lowest BCUT2D eigenvalue weighted by atomic mass is 10.2. The normalized spacial score (nSPS) is 10.2. The Hall–Kier alpha value is -1.79. The Balaban J connectivity index is 1.85. The van der Waals surface area contributed by atoms with Crippen molar-refractivity contribution in [2.75, 3.05) is 25.0 Å². The third-order valence-electron chi connectivity index (χ3n) is 2.29. The molecule has 5 nitrogen and oxygen atoms in total. The minimum absolute atomic E-state index is 0.391. The van der Waals surface area contributed by atoms with Crippen LogP contribution in [0.1, 0.15) is 0 Å². The SMILES string of the molecule is O=CCNCCNc1nc(-c2ccncc2)cs1. The highest BCUT2D eigenvalue weighted by molar-refractivity contribution is 7.14. The van der Waals surface area contributed by atoms with E-state index in [0.717, 1.165) is 35.8 Å². The summed E-state index contributed by atoms with van der Waals surface area (Å²) >= 11 is 1.57. The summed E-state index contributed by atoms with van der Waals surface area (Å²) in [6.07, 6.45) is 4.36. The monoisotopic (exact) mass is 262 g/mol. The lowest BCUT2D eigenvalue weighted by Gasteiger charge is -2.02. The Morgan fingerprint density at radius 1 is 1.28 bits per heavy atom. The van der Waals surface area contributed by atoms with Crippen molar-refractivity contribution >= 4 is 22.8 Å². The van der Waals surface area contributed by atoms with E-state index < -0.39 is 0 Å². The number of carbonyl (C=O) groups excluding carboxylic acids is 1. The smallest absolute Gasteiger partial charge is 0.183 e. The molecule has 2 N–H and O–H groups in total. The number of rotatable bonds is 7. The maximum Gasteiger partial charge on any atom is 0.183 e. The van der Waals surface area contributed by atoms with Crippen LogP contribution in [0.2, 0.25) is 0 Å². The molecule has 0 saturated heterocycles. The zero-order valence-electron chi connectivity index (χ0n) is 9.80. The summed E-state index contributed by atoms with van der Waals surface area (Å²) in [5.41, 5.74) is 2.01. The van der Waals surface area contributed by atoms with E-state index in [2.05, 4.69) is 20.6 Å². The van der Waals surface area contributed by atoms with Gasteiger partial charge in [0, 0.05) is 36.4 Å². The van der Waals surface area contributed by atoms with E-state index in [-0.39, 0.29) is 0 Å². The summed E-state index contributed by atoms with van der Waals surface area (Å²) in [6.45, 7) is 1.88. The molecule has 2 heterocycles. The second kappa shape index (κ2) is 6.83. The molecule has 6 heteroatoms. The van der Waals surface area contributed by atoms with Crippen molar-refractivity contribution in [2.24, 2.45) is 0 Å². The number of hydrogen-bond acceptors (Lipinski definition) is 6. The molecule has 2 aromatic rings. The van der Waals surface area contributed by atoms with Gasteiger partial charge in [-0.15, -0.1) is 11.3 Å². The highest BCUT2D eigenvalue weighted by Crippen LogP contribution is 2.23. The van der Waals surface area contributed by atoms with Gasteiger partial charge in [-0.2, -0.15) is 0 Å². The summed E-state index contributed by atoms with van der Waals surface area (Å²) in [5.74, 6) is 0. The fourth-order valence-electron chi connectivity index (χ4n) is 1.43.